The van der Waals surface area contributed by atoms with Crippen LogP contribution in [0.4, 0.5) is 0 Å². The van der Waals surface area contributed by atoms with Gasteiger partial charge in [0.05, 0.1) is 29.3 Å². The first-order chi connectivity index (χ1) is 6.11. The maximum atomic E-state index is 8.87. The van der Waals surface area contributed by atoms with E-state index in [1.54, 1.807) is 0 Å². The van der Waals surface area contributed by atoms with Gasteiger partial charge in [0.25, 0.3) is 0 Å². The van der Waals surface area contributed by atoms with E-state index in [2.05, 4.69) is 17.1 Å². The molecule has 0 saturated heterocycles. The van der Waals surface area contributed by atoms with Crippen LogP contribution in [0, 0.1) is 34.5 Å². The predicted molar refractivity (Wildman–Crippen MR) is 49.7 cm³/mol. The van der Waals surface area contributed by atoms with Crippen LogP contribution < -0.4 is 0 Å². The zero-order chi connectivity index (χ0) is 10.0. The van der Waals surface area contributed by atoms with Crippen molar-refractivity contribution in [2.45, 2.75) is 20.8 Å². The summed E-state index contributed by atoms with van der Waals surface area (Å²) in [7, 11) is 0. The largest absolute Gasteiger partial charge is 0.260 e. The normalized spacial score (nSPS) is 27.6. The molecule has 13 heavy (non-hydrogen) atoms. The molecule has 0 radical (unpaired) electrons. The summed E-state index contributed by atoms with van der Waals surface area (Å²) in [5.41, 5.74) is 2.20. The van der Waals surface area contributed by atoms with Crippen LogP contribution in [0.5, 0.6) is 0 Å². The van der Waals surface area contributed by atoms with Gasteiger partial charge in [-0.2, -0.15) is 10.5 Å². The van der Waals surface area contributed by atoms with E-state index in [0.717, 1.165) is 11.4 Å². The van der Waals surface area contributed by atoms with Gasteiger partial charge in [0, 0.05) is 11.6 Å². The van der Waals surface area contributed by atoms with Crippen LogP contribution in [0.3, 0.4) is 0 Å². The summed E-state index contributed by atoms with van der Waals surface area (Å²) in [5, 5.41) is 17.7. The molecule has 0 aromatic heterocycles. The zero-order valence-corrected chi connectivity index (χ0v) is 8.00. The molecule has 66 valence electrons. The minimum absolute atomic E-state index is 0.0208. The van der Waals surface area contributed by atoms with E-state index < -0.39 is 0 Å². The Bertz CT molecular complexity index is 363. The second kappa shape index (κ2) is 3.41. The maximum Gasteiger partial charge on any atom is 0.0969 e. The van der Waals surface area contributed by atoms with Gasteiger partial charge in [-0.25, -0.2) is 0 Å². The van der Waals surface area contributed by atoms with Crippen LogP contribution in [0.25, 0.3) is 0 Å². The third-order valence-corrected chi connectivity index (χ3v) is 2.40. The first-order valence-corrected chi connectivity index (χ1v) is 4.17. The fraction of sp³-hybridized carbons (Fsp3) is 0.500. The lowest BCUT2D eigenvalue weighted by Crippen LogP contribution is -2.23. The van der Waals surface area contributed by atoms with E-state index in [-0.39, 0.29) is 11.8 Å². The number of aliphatic imine (C=N–C) groups is 1. The van der Waals surface area contributed by atoms with Crippen molar-refractivity contribution in [2.75, 3.05) is 0 Å². The summed E-state index contributed by atoms with van der Waals surface area (Å²) in [5.74, 6) is -0.258. The van der Waals surface area contributed by atoms with Crippen molar-refractivity contribution < 1.29 is 0 Å². The number of rotatable bonds is 0. The molecule has 0 spiro atoms. The molecular weight excluding hydrogens is 162 g/mol. The van der Waals surface area contributed by atoms with E-state index in [4.69, 9.17) is 10.5 Å². The minimum atomic E-state index is -0.238. The first kappa shape index (κ1) is 9.48. The minimum Gasteiger partial charge on any atom is -0.260 e. The van der Waals surface area contributed by atoms with Crippen LogP contribution >= 0.6 is 0 Å². The van der Waals surface area contributed by atoms with Gasteiger partial charge in [-0.15, -0.1) is 0 Å². The Morgan fingerprint density at radius 2 is 1.92 bits per heavy atom. The quantitative estimate of drug-likeness (QED) is 0.562. The lowest BCUT2D eigenvalue weighted by molar-refractivity contribution is 0.609. The molecule has 0 saturated carbocycles. The second-order valence-electron chi connectivity index (χ2n) is 3.26. The van der Waals surface area contributed by atoms with Crippen molar-refractivity contribution in [3.8, 4) is 12.1 Å². The number of nitrogens with zero attached hydrogens (tertiary/aromatic N) is 3. The predicted octanol–water partition coefficient (Wildman–Crippen LogP) is 2.03. The van der Waals surface area contributed by atoms with Gasteiger partial charge in [-0.1, -0.05) is 6.92 Å². The molecule has 0 aliphatic carbocycles. The molecule has 0 N–H and O–H groups in total. The Balaban J connectivity index is 3.19. The Kier molecular flexibility index (Phi) is 2.49. The lowest BCUT2D eigenvalue weighted by Gasteiger charge is -2.22. The third kappa shape index (κ3) is 1.46. The highest BCUT2D eigenvalue weighted by Gasteiger charge is 2.28. The van der Waals surface area contributed by atoms with Crippen LogP contribution in [0.15, 0.2) is 16.3 Å². The Labute approximate surface area is 78.0 Å². The summed E-state index contributed by atoms with van der Waals surface area (Å²) >= 11 is 0. The molecule has 0 amide bonds. The number of hydrogen-bond donors (Lipinski definition) is 0. The molecule has 0 aromatic carbocycles. The molecule has 0 bridgehead atoms. The Morgan fingerprint density at radius 1 is 1.31 bits per heavy atom. The van der Waals surface area contributed by atoms with E-state index in [1.807, 2.05) is 20.8 Å². The molecule has 0 fully saturated rings. The third-order valence-electron chi connectivity index (χ3n) is 2.40. The van der Waals surface area contributed by atoms with Crippen molar-refractivity contribution in [3.63, 3.8) is 0 Å². The zero-order valence-electron chi connectivity index (χ0n) is 8.00. The van der Waals surface area contributed by atoms with Gasteiger partial charge in [0.2, 0.25) is 0 Å². The van der Waals surface area contributed by atoms with Crippen molar-refractivity contribution in [2.24, 2.45) is 16.8 Å². The van der Waals surface area contributed by atoms with E-state index in [1.165, 1.54) is 0 Å². The fourth-order valence-corrected chi connectivity index (χ4v) is 1.64. The van der Waals surface area contributed by atoms with Crippen LogP contribution in [0.2, 0.25) is 0 Å². The molecule has 1 aliphatic heterocycles. The standard InChI is InChI=1S/C10H11N3/c1-6-9(4-11)7(2)13-8(3)10(6)5-12/h6,9H,1-3H3/t6-,9?/m0/s1. The molecule has 2 atom stereocenters. The lowest BCUT2D eigenvalue weighted by atomic mass is 9.83. The van der Waals surface area contributed by atoms with Crippen molar-refractivity contribution in [1.82, 2.24) is 0 Å². The smallest absolute Gasteiger partial charge is 0.0969 e. The van der Waals surface area contributed by atoms with E-state index in [9.17, 15) is 0 Å². The highest BCUT2D eigenvalue weighted by Crippen LogP contribution is 2.28. The SMILES string of the molecule is CC1=NC(C)=C(C#N)[C@@H](C)C1C#N. The van der Waals surface area contributed by atoms with Crippen molar-refractivity contribution in [3.05, 3.63) is 11.3 Å². The molecule has 1 unspecified atom stereocenters. The van der Waals surface area contributed by atoms with Gasteiger partial charge in [0.1, 0.15) is 0 Å². The molecule has 0 aromatic rings. The Hall–Kier alpha value is -1.61. The van der Waals surface area contributed by atoms with Gasteiger partial charge in [-0.3, -0.25) is 4.99 Å². The van der Waals surface area contributed by atoms with Gasteiger partial charge in [-0.05, 0) is 13.8 Å². The highest BCUT2D eigenvalue weighted by atomic mass is 14.8. The van der Waals surface area contributed by atoms with Crippen LogP contribution in [0.1, 0.15) is 20.8 Å². The van der Waals surface area contributed by atoms with Gasteiger partial charge >= 0.3 is 0 Å². The van der Waals surface area contributed by atoms with Gasteiger partial charge < -0.3 is 0 Å². The second-order valence-corrected chi connectivity index (χ2v) is 3.26. The van der Waals surface area contributed by atoms with E-state index >= 15 is 0 Å². The molecule has 1 aliphatic rings. The van der Waals surface area contributed by atoms with E-state index in [0.29, 0.717) is 5.57 Å². The summed E-state index contributed by atoms with van der Waals surface area (Å²) in [4.78, 5) is 4.19. The topological polar surface area (TPSA) is 59.9 Å². The highest BCUT2D eigenvalue weighted by molar-refractivity contribution is 5.89. The maximum absolute atomic E-state index is 8.87. The monoisotopic (exact) mass is 173 g/mol. The fourth-order valence-electron chi connectivity index (χ4n) is 1.64. The molecular formula is C10H11N3. The molecule has 3 heteroatoms. The Morgan fingerprint density at radius 3 is 2.38 bits per heavy atom. The molecule has 1 heterocycles. The summed E-state index contributed by atoms with van der Waals surface area (Å²) in [6, 6.07) is 4.28. The van der Waals surface area contributed by atoms with Gasteiger partial charge in [0.15, 0.2) is 0 Å². The number of hydrogen-bond acceptors (Lipinski definition) is 3. The molecule has 3 nitrogen and oxygen atoms in total. The summed E-state index contributed by atoms with van der Waals surface area (Å²) < 4.78 is 0. The summed E-state index contributed by atoms with van der Waals surface area (Å²) in [6.07, 6.45) is 0. The molecule has 1 rings (SSSR count). The van der Waals surface area contributed by atoms with Crippen LogP contribution in [-0.4, -0.2) is 5.71 Å². The van der Waals surface area contributed by atoms with Crippen LogP contribution in [-0.2, 0) is 0 Å². The van der Waals surface area contributed by atoms with Crippen molar-refractivity contribution >= 4 is 5.71 Å². The summed E-state index contributed by atoms with van der Waals surface area (Å²) in [6.45, 7) is 5.54. The number of allylic oxidation sites excluding steroid dienone is 2. The van der Waals surface area contributed by atoms with Crippen molar-refractivity contribution in [1.29, 1.82) is 10.5 Å². The average molecular weight is 173 g/mol. The number of nitriles is 2. The first-order valence-electron chi connectivity index (χ1n) is 4.17. The average Bonchev–Trinajstić information content (AvgIpc) is 2.04.